The lowest BCUT2D eigenvalue weighted by molar-refractivity contribution is -0.138. The van der Waals surface area contributed by atoms with E-state index < -0.39 is 23.5 Å². The molecule has 0 amide bonds. The number of halogens is 6. The van der Waals surface area contributed by atoms with Gasteiger partial charge in [0.05, 0.1) is 39.6 Å². The maximum Gasteiger partial charge on any atom is 0.416 e. The first-order valence-electron chi connectivity index (χ1n) is 23.4. The van der Waals surface area contributed by atoms with E-state index in [1.165, 1.54) is 51.2 Å². The van der Waals surface area contributed by atoms with Gasteiger partial charge in [-0.05, 0) is 146 Å². The highest BCUT2D eigenvalue weighted by Gasteiger charge is 2.32. The predicted molar refractivity (Wildman–Crippen MR) is 285 cm³/mol. The van der Waals surface area contributed by atoms with Crippen LogP contribution in [0.25, 0.3) is 104 Å². The smallest absolute Gasteiger partial charge is 0.309 e. The summed E-state index contributed by atoms with van der Waals surface area (Å²) in [7, 11) is 0. The van der Waals surface area contributed by atoms with E-state index in [-0.39, 0.29) is 0 Å². The Bertz CT molecular complexity index is 4290. The molecule has 73 heavy (non-hydrogen) atoms. The molecule has 13 rings (SSSR count). The van der Waals surface area contributed by atoms with Crippen LogP contribution in [0.15, 0.2) is 218 Å². The number of hydrogen-bond acceptors (Lipinski definition) is 4. The van der Waals surface area contributed by atoms with Gasteiger partial charge in [-0.25, -0.2) is 0 Å². The van der Waals surface area contributed by atoms with Gasteiger partial charge in [-0.2, -0.15) is 35.1 Å². The molecule has 13 aromatic rings. The zero-order valence-corrected chi connectivity index (χ0v) is 39.1. The van der Waals surface area contributed by atoms with Crippen molar-refractivity contribution in [1.29, 1.82) is 0 Å². The molecule has 0 atom stereocenters. The monoisotopic (exact) mass is 982 g/mol. The summed E-state index contributed by atoms with van der Waals surface area (Å²) in [6.45, 7) is 0. The fourth-order valence-corrected chi connectivity index (χ4v) is 11.0. The van der Waals surface area contributed by atoms with Crippen molar-refractivity contribution in [2.75, 3.05) is 4.90 Å². The normalized spacial score (nSPS) is 12.2. The zero-order chi connectivity index (χ0) is 49.6. The highest BCUT2D eigenvalue weighted by molar-refractivity contribution is 7.00. The van der Waals surface area contributed by atoms with E-state index in [4.69, 9.17) is 8.75 Å². The van der Waals surface area contributed by atoms with E-state index in [1.807, 2.05) is 12.1 Å². The summed E-state index contributed by atoms with van der Waals surface area (Å²) in [5.41, 5.74) is 9.31. The molecule has 0 radical (unpaired) electrons. The van der Waals surface area contributed by atoms with Gasteiger partial charge in [0.25, 0.3) is 0 Å². The largest absolute Gasteiger partial charge is 0.416 e. The second-order valence-electron chi connectivity index (χ2n) is 18.1. The van der Waals surface area contributed by atoms with Gasteiger partial charge >= 0.3 is 12.4 Å². The van der Waals surface area contributed by atoms with E-state index in [2.05, 4.69) is 138 Å². The molecule has 0 saturated heterocycles. The van der Waals surface area contributed by atoms with E-state index in [0.29, 0.717) is 39.2 Å². The molecule has 0 bridgehead atoms. The number of hydrogen-bond donors (Lipinski definition) is 0. The van der Waals surface area contributed by atoms with Crippen molar-refractivity contribution in [2.45, 2.75) is 12.4 Å². The molecule has 0 aliphatic heterocycles. The van der Waals surface area contributed by atoms with Crippen LogP contribution in [-0.2, 0) is 12.4 Å². The Morgan fingerprint density at radius 1 is 0.397 bits per heavy atom. The molecular weight excluding hydrogens is 947 g/mol. The number of anilines is 3. The number of aromatic nitrogens is 3. The highest BCUT2D eigenvalue weighted by Crippen LogP contribution is 2.46. The van der Waals surface area contributed by atoms with Crippen LogP contribution in [0.3, 0.4) is 0 Å². The van der Waals surface area contributed by atoms with Crippen molar-refractivity contribution in [2.24, 2.45) is 0 Å². The highest BCUT2D eigenvalue weighted by atomic mass is 32.1. The molecule has 0 N–H and O–H groups in total. The first-order chi connectivity index (χ1) is 35.5. The van der Waals surface area contributed by atoms with Gasteiger partial charge in [0.15, 0.2) is 0 Å². The minimum Gasteiger partial charge on any atom is -0.309 e. The maximum absolute atomic E-state index is 13.9. The minimum absolute atomic E-state index is 0.417. The van der Waals surface area contributed by atoms with Crippen LogP contribution in [-0.4, -0.2) is 13.3 Å². The van der Waals surface area contributed by atoms with Crippen molar-refractivity contribution < 1.29 is 26.3 Å². The van der Waals surface area contributed by atoms with Crippen molar-refractivity contribution in [1.82, 2.24) is 13.3 Å². The third kappa shape index (κ3) is 7.54. The van der Waals surface area contributed by atoms with Crippen LogP contribution in [0, 0.1) is 0 Å². The standard InChI is InChI=1S/C62H36F6N4S/c63-61(64,65)44-23-18-38(19-24-44)41-10-7-11-48(35-41)71(46-29-25-45(26-30-46)62(66,67)68)56-33-31-49(58-59(56)70-73-69-58)39-20-27-47(28-21-39)72-55-32-22-43(42-17-16-37-8-1-2-9-40(37)34-42)36-54(55)57-52-14-5-3-12-50(52)51-13-4-6-15-53(51)60(57)72/h1-36H. The van der Waals surface area contributed by atoms with Crippen molar-refractivity contribution >= 4 is 93.9 Å². The summed E-state index contributed by atoms with van der Waals surface area (Å²) >= 11 is 1.03. The Morgan fingerprint density at radius 3 is 1.70 bits per heavy atom. The van der Waals surface area contributed by atoms with Gasteiger partial charge < -0.3 is 9.47 Å². The molecule has 0 saturated carbocycles. The fraction of sp³-hybridized carbons (Fsp3) is 0.0323. The summed E-state index contributed by atoms with van der Waals surface area (Å²) in [6.07, 6.45) is -9.05. The first kappa shape index (κ1) is 44.2. The molecule has 0 fully saturated rings. The second kappa shape index (κ2) is 16.9. The van der Waals surface area contributed by atoms with Gasteiger partial charge in [0, 0.05) is 38.8 Å². The van der Waals surface area contributed by atoms with Gasteiger partial charge in [0.1, 0.15) is 11.0 Å². The Kier molecular flexibility index (Phi) is 10.2. The first-order valence-corrected chi connectivity index (χ1v) is 24.2. The lowest BCUT2D eigenvalue weighted by atomic mass is 9.95. The fourth-order valence-electron chi connectivity index (χ4n) is 10.5. The number of fused-ring (bicyclic) bond motifs is 10. The molecule has 0 aliphatic rings. The van der Waals surface area contributed by atoms with Crippen LogP contribution in [0.5, 0.6) is 0 Å². The van der Waals surface area contributed by atoms with Gasteiger partial charge in [-0.1, -0.05) is 127 Å². The van der Waals surface area contributed by atoms with Gasteiger partial charge in [-0.15, -0.1) is 0 Å². The molecule has 0 unspecified atom stereocenters. The maximum atomic E-state index is 13.9. The number of alkyl halides is 6. The molecule has 2 aromatic heterocycles. The number of nitrogens with zero attached hydrogens (tertiary/aromatic N) is 4. The lowest BCUT2D eigenvalue weighted by Crippen LogP contribution is -2.12. The molecule has 2 heterocycles. The Hall–Kier alpha value is -8.80. The third-order valence-corrected chi connectivity index (χ3v) is 14.4. The van der Waals surface area contributed by atoms with Crippen LogP contribution < -0.4 is 4.90 Å². The molecule has 352 valence electrons. The molecule has 11 heteroatoms. The molecule has 11 aromatic carbocycles. The summed E-state index contributed by atoms with van der Waals surface area (Å²) in [5.74, 6) is 0. The van der Waals surface area contributed by atoms with Crippen LogP contribution in [0.1, 0.15) is 11.1 Å². The van der Waals surface area contributed by atoms with Crippen molar-refractivity contribution in [3.8, 4) is 39.1 Å². The van der Waals surface area contributed by atoms with Crippen molar-refractivity contribution in [3.63, 3.8) is 0 Å². The van der Waals surface area contributed by atoms with E-state index in [1.54, 1.807) is 29.2 Å². The van der Waals surface area contributed by atoms with E-state index >= 15 is 0 Å². The SMILES string of the molecule is FC(F)(F)c1ccc(-c2cccc(N(c3ccc(C(F)(F)F)cc3)c3ccc(-c4ccc(-n5c6ccc(-c7ccc8ccccc8c7)cc6c6c7ccccc7c7ccccc7c65)cc4)c4nsnc34)c2)cc1. The summed E-state index contributed by atoms with van der Waals surface area (Å²) in [6, 6.07) is 68.0. The van der Waals surface area contributed by atoms with E-state index in [9.17, 15) is 26.3 Å². The molecular formula is C62H36F6N4S. The number of rotatable bonds is 7. The quantitative estimate of drug-likeness (QED) is 0.118. The average Bonchev–Trinajstić information content (AvgIpc) is 4.05. The Morgan fingerprint density at radius 2 is 0.973 bits per heavy atom. The average molecular weight is 983 g/mol. The topological polar surface area (TPSA) is 34.0 Å². The van der Waals surface area contributed by atoms with Crippen LogP contribution >= 0.6 is 11.7 Å². The Labute approximate surface area is 417 Å². The van der Waals surface area contributed by atoms with Gasteiger partial charge in [0.2, 0.25) is 0 Å². The zero-order valence-electron chi connectivity index (χ0n) is 38.2. The number of benzene rings is 11. The minimum atomic E-state index is -4.55. The molecule has 0 spiro atoms. The van der Waals surface area contributed by atoms with Gasteiger partial charge in [-0.3, -0.25) is 0 Å². The van der Waals surface area contributed by atoms with Crippen molar-refractivity contribution in [3.05, 3.63) is 230 Å². The summed E-state index contributed by atoms with van der Waals surface area (Å²) in [4.78, 5) is 1.80. The lowest BCUT2D eigenvalue weighted by Gasteiger charge is -2.27. The van der Waals surface area contributed by atoms with Crippen LogP contribution in [0.2, 0.25) is 0 Å². The van der Waals surface area contributed by atoms with E-state index in [0.717, 1.165) is 91.1 Å². The molecule has 0 aliphatic carbocycles. The predicted octanol–water partition coefficient (Wildman–Crippen LogP) is 18.8. The van der Waals surface area contributed by atoms with Crippen LogP contribution in [0.4, 0.5) is 43.4 Å². The summed E-state index contributed by atoms with van der Waals surface area (Å²) in [5, 5.41) is 9.33. The second-order valence-corrected chi connectivity index (χ2v) is 18.6. The Balaban J connectivity index is 0.939. The third-order valence-electron chi connectivity index (χ3n) is 13.9. The summed E-state index contributed by atoms with van der Waals surface area (Å²) < 4.78 is 93.9. The molecule has 4 nitrogen and oxygen atoms in total.